The van der Waals surface area contributed by atoms with Crippen molar-refractivity contribution in [3.8, 4) is 0 Å². The van der Waals surface area contributed by atoms with E-state index in [0.717, 1.165) is 32.1 Å². The Morgan fingerprint density at radius 3 is 2.57 bits per heavy atom. The molecule has 0 unspecified atom stereocenters. The van der Waals surface area contributed by atoms with Gasteiger partial charge in [0.2, 0.25) is 10.0 Å². The smallest absolute Gasteiger partial charge is 0.338 e. The van der Waals surface area contributed by atoms with E-state index in [-0.39, 0.29) is 29.0 Å². The summed E-state index contributed by atoms with van der Waals surface area (Å²) in [5, 5.41) is 2.93. The highest BCUT2D eigenvalue weighted by Crippen LogP contribution is 2.24. The summed E-state index contributed by atoms with van der Waals surface area (Å²) in [5.74, 6) is -0.612. The topological polar surface area (TPSA) is 92.8 Å². The number of carbonyl (C=O) groups excluding carboxylic acids is 2. The van der Waals surface area contributed by atoms with E-state index < -0.39 is 16.0 Å². The van der Waals surface area contributed by atoms with E-state index in [9.17, 15) is 18.0 Å². The summed E-state index contributed by atoms with van der Waals surface area (Å²) in [4.78, 5) is 24.5. The highest BCUT2D eigenvalue weighted by atomic mass is 32.2. The van der Waals surface area contributed by atoms with Gasteiger partial charge in [0, 0.05) is 19.1 Å². The van der Waals surface area contributed by atoms with Crippen LogP contribution in [0.3, 0.4) is 0 Å². The first-order valence-electron chi connectivity index (χ1n) is 9.94. The summed E-state index contributed by atoms with van der Waals surface area (Å²) in [6.45, 7) is 2.74. The van der Waals surface area contributed by atoms with Crippen molar-refractivity contribution in [3.63, 3.8) is 0 Å². The molecule has 8 heteroatoms. The zero-order chi connectivity index (χ0) is 20.1. The maximum absolute atomic E-state index is 12.6. The van der Waals surface area contributed by atoms with Crippen molar-refractivity contribution >= 4 is 21.9 Å². The van der Waals surface area contributed by atoms with Crippen LogP contribution in [0.2, 0.25) is 0 Å². The standard InChI is InChI=1S/C20H28N2O5S/c1-15-7-2-3-10-18(15)21-19(23)14-27-20(24)16-8-6-9-17(13-16)28(25,26)22-11-4-5-12-22/h6,8-9,13,15,18H,2-5,7,10-12,14H2,1H3,(H,21,23)/t15-,18-/m0/s1. The summed E-state index contributed by atoms with van der Waals surface area (Å²) in [6, 6.07) is 5.92. The predicted molar refractivity (Wildman–Crippen MR) is 104 cm³/mol. The Balaban J connectivity index is 1.58. The van der Waals surface area contributed by atoms with Crippen LogP contribution in [0.25, 0.3) is 0 Å². The van der Waals surface area contributed by atoms with Crippen molar-refractivity contribution in [2.24, 2.45) is 5.92 Å². The average molecular weight is 409 g/mol. The zero-order valence-corrected chi connectivity index (χ0v) is 17.0. The lowest BCUT2D eigenvalue weighted by Gasteiger charge is -2.29. The number of ether oxygens (including phenoxy) is 1. The number of nitrogens with zero attached hydrogens (tertiary/aromatic N) is 1. The van der Waals surface area contributed by atoms with Gasteiger partial charge in [-0.1, -0.05) is 25.8 Å². The molecule has 1 aliphatic heterocycles. The van der Waals surface area contributed by atoms with Crippen molar-refractivity contribution in [2.75, 3.05) is 19.7 Å². The fourth-order valence-corrected chi connectivity index (χ4v) is 5.42. The zero-order valence-electron chi connectivity index (χ0n) is 16.2. The van der Waals surface area contributed by atoms with Gasteiger partial charge in [-0.05, 0) is 49.8 Å². The minimum atomic E-state index is -3.61. The van der Waals surface area contributed by atoms with Crippen LogP contribution in [0.4, 0.5) is 0 Å². The van der Waals surface area contributed by atoms with Gasteiger partial charge in [0.25, 0.3) is 5.91 Å². The highest BCUT2D eigenvalue weighted by Gasteiger charge is 2.28. The van der Waals surface area contributed by atoms with Crippen molar-refractivity contribution in [1.29, 1.82) is 0 Å². The average Bonchev–Trinajstić information content (AvgIpc) is 3.24. The molecule has 2 aliphatic rings. The van der Waals surface area contributed by atoms with Crippen LogP contribution in [-0.4, -0.2) is 50.3 Å². The molecule has 0 radical (unpaired) electrons. The van der Waals surface area contributed by atoms with Crippen LogP contribution in [0, 0.1) is 5.92 Å². The minimum absolute atomic E-state index is 0.0735. The Morgan fingerprint density at radius 1 is 1.14 bits per heavy atom. The van der Waals surface area contributed by atoms with E-state index in [4.69, 9.17) is 4.74 Å². The maximum Gasteiger partial charge on any atom is 0.338 e. The number of carbonyl (C=O) groups is 2. The molecular formula is C20H28N2O5S. The van der Waals surface area contributed by atoms with E-state index >= 15 is 0 Å². The number of benzene rings is 1. The third kappa shape index (κ3) is 4.91. The van der Waals surface area contributed by atoms with Crippen molar-refractivity contribution in [1.82, 2.24) is 9.62 Å². The Labute approximate surface area is 166 Å². The fourth-order valence-electron chi connectivity index (χ4n) is 3.85. The van der Waals surface area contributed by atoms with Gasteiger partial charge in [-0.25, -0.2) is 13.2 Å². The first-order chi connectivity index (χ1) is 13.4. The van der Waals surface area contributed by atoms with Gasteiger partial charge in [-0.15, -0.1) is 0 Å². The highest BCUT2D eigenvalue weighted by molar-refractivity contribution is 7.89. The Bertz CT molecular complexity index is 818. The van der Waals surface area contributed by atoms with Gasteiger partial charge in [-0.3, -0.25) is 4.79 Å². The molecule has 0 aromatic heterocycles. The SMILES string of the molecule is C[C@H]1CCCC[C@@H]1NC(=O)COC(=O)c1cccc(S(=O)(=O)N2CCCC2)c1. The second kappa shape index (κ2) is 9.05. The predicted octanol–water partition coefficient (Wildman–Crippen LogP) is 2.32. The Morgan fingerprint density at radius 2 is 1.86 bits per heavy atom. The minimum Gasteiger partial charge on any atom is -0.452 e. The molecule has 2 atom stereocenters. The van der Waals surface area contributed by atoms with Crippen molar-refractivity contribution < 1.29 is 22.7 Å². The molecule has 154 valence electrons. The molecule has 1 aromatic carbocycles. The van der Waals surface area contributed by atoms with Gasteiger partial charge in [0.05, 0.1) is 10.5 Å². The summed E-state index contributed by atoms with van der Waals surface area (Å²) in [7, 11) is -3.61. The van der Waals surface area contributed by atoms with Gasteiger partial charge in [-0.2, -0.15) is 4.31 Å². The van der Waals surface area contributed by atoms with Crippen LogP contribution < -0.4 is 5.32 Å². The maximum atomic E-state index is 12.6. The van der Waals surface area contributed by atoms with Crippen molar-refractivity contribution in [3.05, 3.63) is 29.8 Å². The number of rotatable bonds is 6. The monoisotopic (exact) mass is 408 g/mol. The normalized spacial score (nSPS) is 23.3. The first kappa shape index (κ1) is 20.8. The quantitative estimate of drug-likeness (QED) is 0.729. The van der Waals surface area contributed by atoms with Crippen LogP contribution in [0.5, 0.6) is 0 Å². The second-order valence-corrected chi connectivity index (χ2v) is 9.59. The lowest BCUT2D eigenvalue weighted by molar-refractivity contribution is -0.125. The summed E-state index contributed by atoms with van der Waals surface area (Å²) in [6.07, 6.45) is 5.98. The molecule has 1 saturated carbocycles. The Kier molecular flexibility index (Phi) is 6.72. The molecule has 1 amide bonds. The molecule has 1 heterocycles. The number of nitrogens with one attached hydrogen (secondary N) is 1. The first-order valence-corrected chi connectivity index (χ1v) is 11.4. The summed E-state index contributed by atoms with van der Waals surface area (Å²) < 4.78 is 31.8. The summed E-state index contributed by atoms with van der Waals surface area (Å²) >= 11 is 0. The molecule has 28 heavy (non-hydrogen) atoms. The van der Waals surface area contributed by atoms with Gasteiger partial charge >= 0.3 is 5.97 Å². The molecule has 0 spiro atoms. The van der Waals surface area contributed by atoms with E-state index in [2.05, 4.69) is 12.2 Å². The molecule has 1 aliphatic carbocycles. The van der Waals surface area contributed by atoms with Crippen LogP contribution in [-0.2, 0) is 19.6 Å². The third-order valence-corrected chi connectivity index (χ3v) is 7.46. The number of hydrogen-bond acceptors (Lipinski definition) is 5. The Hall–Kier alpha value is -1.93. The molecule has 3 rings (SSSR count). The third-order valence-electron chi connectivity index (χ3n) is 5.56. The number of sulfonamides is 1. The van der Waals surface area contributed by atoms with Gasteiger partial charge in [0.15, 0.2) is 6.61 Å². The summed E-state index contributed by atoms with van der Waals surface area (Å²) in [5.41, 5.74) is 0.124. The van der Waals surface area contributed by atoms with Gasteiger partial charge < -0.3 is 10.1 Å². The largest absolute Gasteiger partial charge is 0.452 e. The van der Waals surface area contributed by atoms with E-state index in [1.807, 2.05) is 0 Å². The fraction of sp³-hybridized carbons (Fsp3) is 0.600. The molecule has 7 nitrogen and oxygen atoms in total. The molecule has 2 fully saturated rings. The molecule has 1 saturated heterocycles. The lowest BCUT2D eigenvalue weighted by atomic mass is 9.86. The molecule has 1 aromatic rings. The van der Waals surface area contributed by atoms with Crippen LogP contribution in [0.1, 0.15) is 55.8 Å². The second-order valence-electron chi connectivity index (χ2n) is 7.65. The number of amides is 1. The van der Waals surface area contributed by atoms with Gasteiger partial charge in [0.1, 0.15) is 0 Å². The van der Waals surface area contributed by atoms with E-state index in [1.54, 1.807) is 0 Å². The number of hydrogen-bond donors (Lipinski definition) is 1. The number of esters is 1. The van der Waals surface area contributed by atoms with E-state index in [0.29, 0.717) is 19.0 Å². The molecular weight excluding hydrogens is 380 g/mol. The van der Waals surface area contributed by atoms with Crippen molar-refractivity contribution in [2.45, 2.75) is 56.4 Å². The molecule has 1 N–H and O–H groups in total. The lowest BCUT2D eigenvalue weighted by Crippen LogP contribution is -2.42. The van der Waals surface area contributed by atoms with Crippen LogP contribution in [0.15, 0.2) is 29.2 Å². The van der Waals surface area contributed by atoms with Crippen LogP contribution >= 0.6 is 0 Å². The molecule has 0 bridgehead atoms. The van der Waals surface area contributed by atoms with E-state index in [1.165, 1.54) is 35.0 Å².